The zero-order chi connectivity index (χ0) is 27.8. The van der Waals surface area contributed by atoms with Crippen LogP contribution in [-0.4, -0.2) is 46.9 Å². The van der Waals surface area contributed by atoms with Gasteiger partial charge >= 0.3 is 6.18 Å². The van der Waals surface area contributed by atoms with Crippen molar-refractivity contribution in [2.75, 3.05) is 0 Å². The van der Waals surface area contributed by atoms with Gasteiger partial charge in [-0.1, -0.05) is 0 Å². The SMILES string of the molecule is C[C@H]1[C@H](F)C[C@@H](C(=O)NCc2cc(F)cc(-c3cnc(C(F)(F)F)nc3)c2)N1S(=O)(=O)c1ccc(F)cc1. The van der Waals surface area contributed by atoms with Gasteiger partial charge in [0.15, 0.2) is 0 Å². The van der Waals surface area contributed by atoms with Crippen LogP contribution in [0.3, 0.4) is 0 Å². The Morgan fingerprint density at radius 3 is 2.26 bits per heavy atom. The van der Waals surface area contributed by atoms with Gasteiger partial charge < -0.3 is 5.32 Å². The average molecular weight is 559 g/mol. The minimum atomic E-state index is -4.75. The highest BCUT2D eigenvalue weighted by atomic mass is 32.2. The molecule has 1 aliphatic rings. The van der Waals surface area contributed by atoms with Crippen LogP contribution >= 0.6 is 0 Å². The molecule has 14 heteroatoms. The lowest BCUT2D eigenvalue weighted by atomic mass is 10.1. The van der Waals surface area contributed by atoms with E-state index in [4.69, 9.17) is 0 Å². The molecule has 1 aliphatic heterocycles. The molecule has 0 unspecified atom stereocenters. The highest BCUT2D eigenvalue weighted by Crippen LogP contribution is 2.33. The van der Waals surface area contributed by atoms with Crippen LogP contribution in [0, 0.1) is 11.6 Å². The molecule has 1 aromatic heterocycles. The predicted molar refractivity (Wildman–Crippen MR) is 122 cm³/mol. The largest absolute Gasteiger partial charge is 0.451 e. The molecule has 7 nitrogen and oxygen atoms in total. The minimum absolute atomic E-state index is 0.0894. The van der Waals surface area contributed by atoms with Crippen LogP contribution in [0.2, 0.25) is 0 Å². The van der Waals surface area contributed by atoms with Crippen LogP contribution < -0.4 is 5.32 Å². The number of nitrogens with zero attached hydrogens (tertiary/aromatic N) is 3. The molecule has 3 aromatic rings. The maximum Gasteiger partial charge on any atom is 0.451 e. The average Bonchev–Trinajstić information content (AvgIpc) is 3.17. The number of hydrogen-bond donors (Lipinski definition) is 1. The summed E-state index contributed by atoms with van der Waals surface area (Å²) in [6.07, 6.45) is -5.06. The first-order valence-electron chi connectivity index (χ1n) is 11.2. The molecular weight excluding hydrogens is 538 g/mol. The van der Waals surface area contributed by atoms with E-state index in [1.807, 2.05) is 0 Å². The van der Waals surface area contributed by atoms with Crippen LogP contribution in [-0.2, 0) is 27.5 Å². The van der Waals surface area contributed by atoms with E-state index in [-0.39, 0.29) is 28.1 Å². The fourth-order valence-corrected chi connectivity index (χ4v) is 5.95. The highest BCUT2D eigenvalue weighted by Gasteiger charge is 2.49. The predicted octanol–water partition coefficient (Wildman–Crippen LogP) is 4.25. The monoisotopic (exact) mass is 558 g/mol. The maximum atomic E-state index is 14.6. The number of amides is 1. The van der Waals surface area contributed by atoms with E-state index in [9.17, 15) is 39.6 Å². The summed E-state index contributed by atoms with van der Waals surface area (Å²) in [5.74, 6) is -3.63. The van der Waals surface area contributed by atoms with Crippen molar-refractivity contribution in [1.82, 2.24) is 19.6 Å². The maximum absolute atomic E-state index is 14.6. The van der Waals surface area contributed by atoms with E-state index < -0.39 is 64.2 Å². The number of halogens is 6. The minimum Gasteiger partial charge on any atom is -0.351 e. The Balaban J connectivity index is 1.53. The number of sulfonamides is 1. The summed E-state index contributed by atoms with van der Waals surface area (Å²) in [6.45, 7) is 1.02. The Labute approximate surface area is 213 Å². The summed E-state index contributed by atoms with van der Waals surface area (Å²) in [5.41, 5.74) is 0.428. The summed E-state index contributed by atoms with van der Waals surface area (Å²) in [7, 11) is -4.37. The van der Waals surface area contributed by atoms with Gasteiger partial charge in [-0.3, -0.25) is 4.79 Å². The Hall–Kier alpha value is -3.52. The molecule has 1 fully saturated rings. The molecule has 4 rings (SSSR count). The van der Waals surface area contributed by atoms with Crippen LogP contribution in [0.1, 0.15) is 24.7 Å². The fraction of sp³-hybridized carbons (Fsp3) is 0.292. The van der Waals surface area contributed by atoms with E-state index in [0.29, 0.717) is 0 Å². The van der Waals surface area contributed by atoms with Crippen LogP contribution in [0.25, 0.3) is 11.1 Å². The normalized spacial score (nSPS) is 20.4. The van der Waals surface area contributed by atoms with Crippen molar-refractivity contribution in [3.8, 4) is 11.1 Å². The summed E-state index contributed by atoms with van der Waals surface area (Å²) in [4.78, 5) is 19.1. The summed E-state index contributed by atoms with van der Waals surface area (Å²) < 4.78 is 107. The van der Waals surface area contributed by atoms with Gasteiger partial charge in [-0.15, -0.1) is 0 Å². The van der Waals surface area contributed by atoms with Gasteiger partial charge in [0.1, 0.15) is 23.8 Å². The number of nitrogens with one attached hydrogen (secondary N) is 1. The number of carbonyl (C=O) groups excluding carboxylic acids is 1. The highest BCUT2D eigenvalue weighted by molar-refractivity contribution is 7.89. The van der Waals surface area contributed by atoms with Crippen molar-refractivity contribution >= 4 is 15.9 Å². The van der Waals surface area contributed by atoms with Crippen molar-refractivity contribution in [1.29, 1.82) is 0 Å². The zero-order valence-electron chi connectivity index (χ0n) is 19.6. The van der Waals surface area contributed by atoms with Crippen molar-refractivity contribution in [3.05, 3.63) is 77.9 Å². The lowest BCUT2D eigenvalue weighted by Gasteiger charge is -2.27. The van der Waals surface area contributed by atoms with Crippen molar-refractivity contribution < 1.29 is 39.6 Å². The first-order valence-corrected chi connectivity index (χ1v) is 12.6. The Morgan fingerprint density at radius 2 is 1.66 bits per heavy atom. The number of rotatable bonds is 6. The number of benzene rings is 2. The van der Waals surface area contributed by atoms with E-state index in [1.54, 1.807) is 0 Å². The molecule has 2 heterocycles. The van der Waals surface area contributed by atoms with Crippen LogP contribution in [0.15, 0.2) is 59.8 Å². The lowest BCUT2D eigenvalue weighted by molar-refractivity contribution is -0.145. The van der Waals surface area contributed by atoms with Gasteiger partial charge in [0.05, 0.1) is 10.9 Å². The molecule has 0 spiro atoms. The zero-order valence-corrected chi connectivity index (χ0v) is 20.4. The molecule has 1 amide bonds. The second-order valence-corrected chi connectivity index (χ2v) is 10.5. The van der Waals surface area contributed by atoms with Gasteiger partial charge in [0, 0.05) is 30.9 Å². The number of hydrogen-bond acceptors (Lipinski definition) is 5. The molecule has 2 aromatic carbocycles. The van der Waals surface area contributed by atoms with Crippen LogP contribution in [0.5, 0.6) is 0 Å². The fourth-order valence-electron chi connectivity index (χ4n) is 4.14. The molecular formula is C24H20F6N4O3S. The quantitative estimate of drug-likeness (QED) is 0.457. The smallest absolute Gasteiger partial charge is 0.351 e. The third-order valence-electron chi connectivity index (χ3n) is 6.04. The number of alkyl halides is 4. The lowest BCUT2D eigenvalue weighted by Crippen LogP contribution is -2.48. The van der Waals surface area contributed by atoms with Crippen LogP contribution in [0.4, 0.5) is 26.3 Å². The molecule has 0 aliphatic carbocycles. The molecule has 1 N–H and O–H groups in total. The van der Waals surface area contributed by atoms with Crippen molar-refractivity contribution in [2.24, 2.45) is 0 Å². The summed E-state index contributed by atoms with van der Waals surface area (Å²) in [5, 5.41) is 2.46. The number of carbonyl (C=O) groups is 1. The van der Waals surface area contributed by atoms with E-state index >= 15 is 0 Å². The first kappa shape index (κ1) is 27.5. The Morgan fingerprint density at radius 1 is 1.03 bits per heavy atom. The number of aromatic nitrogens is 2. The summed E-state index contributed by atoms with van der Waals surface area (Å²) in [6, 6.07) is 4.77. The van der Waals surface area contributed by atoms with Gasteiger partial charge in [0.2, 0.25) is 21.8 Å². The molecule has 0 bridgehead atoms. The van der Waals surface area contributed by atoms with E-state index in [1.165, 1.54) is 13.0 Å². The third-order valence-corrected chi connectivity index (χ3v) is 8.05. The molecule has 0 saturated carbocycles. The van der Waals surface area contributed by atoms with E-state index in [0.717, 1.165) is 53.1 Å². The molecule has 3 atom stereocenters. The molecule has 0 radical (unpaired) electrons. The third kappa shape index (κ3) is 5.65. The Bertz CT molecular complexity index is 1430. The first-order chi connectivity index (χ1) is 17.8. The summed E-state index contributed by atoms with van der Waals surface area (Å²) >= 11 is 0. The van der Waals surface area contributed by atoms with Gasteiger partial charge in [-0.25, -0.2) is 31.6 Å². The molecule has 38 heavy (non-hydrogen) atoms. The Kier molecular flexibility index (Phi) is 7.48. The van der Waals surface area contributed by atoms with Gasteiger partial charge in [0.25, 0.3) is 0 Å². The standard InChI is InChI=1S/C24H20F6N4O3S/c1-13-20(27)9-21(34(13)38(36,37)19-4-2-17(25)3-5-19)22(35)31-10-14-6-15(8-18(26)7-14)16-11-32-23(33-12-16)24(28,29)30/h2-8,11-13,20-21H,9-10H2,1H3,(H,31,35)/t13-,20+,21-/m0/s1. The van der Waals surface area contributed by atoms with Gasteiger partial charge in [-0.05, 0) is 60.5 Å². The molecule has 1 saturated heterocycles. The van der Waals surface area contributed by atoms with Crippen molar-refractivity contribution in [3.63, 3.8) is 0 Å². The second-order valence-electron chi connectivity index (χ2n) is 8.66. The van der Waals surface area contributed by atoms with Crippen molar-refractivity contribution in [2.45, 2.75) is 49.2 Å². The van der Waals surface area contributed by atoms with Gasteiger partial charge in [-0.2, -0.15) is 17.5 Å². The topological polar surface area (TPSA) is 92.3 Å². The van der Waals surface area contributed by atoms with E-state index in [2.05, 4.69) is 15.3 Å². The second kappa shape index (κ2) is 10.3. The molecule has 202 valence electrons.